The van der Waals surface area contributed by atoms with Gasteiger partial charge in [-0.2, -0.15) is 5.10 Å². The predicted molar refractivity (Wildman–Crippen MR) is 58.4 cm³/mol. The normalized spacial score (nSPS) is 22.2. The summed E-state index contributed by atoms with van der Waals surface area (Å²) in [6.07, 6.45) is 4.16. The highest BCUT2D eigenvalue weighted by molar-refractivity contribution is 4.86. The number of hydrogen-bond acceptors (Lipinski definition) is 4. The van der Waals surface area contributed by atoms with Crippen LogP contribution in [0.1, 0.15) is 18.7 Å². The van der Waals surface area contributed by atoms with Gasteiger partial charge in [-0.3, -0.25) is 9.58 Å². The van der Waals surface area contributed by atoms with Crippen molar-refractivity contribution >= 4 is 0 Å². The first-order valence-electron chi connectivity index (χ1n) is 5.51. The third-order valence-electron chi connectivity index (χ3n) is 3.09. The van der Waals surface area contributed by atoms with Crippen molar-refractivity contribution < 1.29 is 0 Å². The SMILES string of the molecule is CN(Cc1ncnn1C)C1CCCNC1. The van der Waals surface area contributed by atoms with Crippen LogP contribution < -0.4 is 5.32 Å². The number of rotatable bonds is 3. The molecule has 1 N–H and O–H groups in total. The summed E-state index contributed by atoms with van der Waals surface area (Å²) in [6, 6.07) is 0.635. The Balaban J connectivity index is 1.91. The van der Waals surface area contributed by atoms with Crippen molar-refractivity contribution in [2.75, 3.05) is 20.1 Å². The Morgan fingerprint density at radius 1 is 1.67 bits per heavy atom. The lowest BCUT2D eigenvalue weighted by Crippen LogP contribution is -2.44. The van der Waals surface area contributed by atoms with Gasteiger partial charge >= 0.3 is 0 Å². The Kier molecular flexibility index (Phi) is 3.33. The molecule has 0 bridgehead atoms. The van der Waals surface area contributed by atoms with Crippen LogP contribution in [0.5, 0.6) is 0 Å². The average molecular weight is 209 g/mol. The average Bonchev–Trinajstić information content (AvgIpc) is 2.66. The second kappa shape index (κ2) is 4.72. The number of aromatic nitrogens is 3. The Morgan fingerprint density at radius 2 is 2.53 bits per heavy atom. The molecule has 84 valence electrons. The van der Waals surface area contributed by atoms with Gasteiger partial charge in [0.05, 0.1) is 6.54 Å². The molecule has 0 spiro atoms. The molecule has 1 aliphatic heterocycles. The van der Waals surface area contributed by atoms with Gasteiger partial charge in [0.2, 0.25) is 0 Å². The summed E-state index contributed by atoms with van der Waals surface area (Å²) < 4.78 is 1.84. The molecule has 0 aromatic carbocycles. The van der Waals surface area contributed by atoms with E-state index in [1.807, 2.05) is 11.7 Å². The lowest BCUT2D eigenvalue weighted by Gasteiger charge is -2.31. The number of likely N-dealkylation sites (N-methyl/N-ethyl adjacent to an activating group) is 1. The second-order valence-electron chi connectivity index (χ2n) is 4.22. The van der Waals surface area contributed by atoms with E-state index in [2.05, 4.69) is 27.3 Å². The van der Waals surface area contributed by atoms with Crippen LogP contribution in [0.4, 0.5) is 0 Å². The van der Waals surface area contributed by atoms with Crippen molar-refractivity contribution in [3.05, 3.63) is 12.2 Å². The van der Waals surface area contributed by atoms with Crippen LogP contribution in [0.3, 0.4) is 0 Å². The van der Waals surface area contributed by atoms with Crippen LogP contribution in [-0.4, -0.2) is 45.8 Å². The molecule has 1 aromatic heterocycles. The van der Waals surface area contributed by atoms with E-state index in [1.54, 1.807) is 6.33 Å². The molecule has 0 saturated carbocycles. The van der Waals surface area contributed by atoms with Gasteiger partial charge in [0.15, 0.2) is 0 Å². The van der Waals surface area contributed by atoms with Crippen molar-refractivity contribution in [3.63, 3.8) is 0 Å². The second-order valence-corrected chi connectivity index (χ2v) is 4.22. The first kappa shape index (κ1) is 10.6. The molecule has 2 rings (SSSR count). The lowest BCUT2D eigenvalue weighted by molar-refractivity contribution is 0.189. The lowest BCUT2D eigenvalue weighted by atomic mass is 10.1. The molecule has 2 heterocycles. The molecule has 0 radical (unpaired) electrons. The number of nitrogens with zero attached hydrogens (tertiary/aromatic N) is 4. The predicted octanol–water partition coefficient (Wildman–Crippen LogP) is -0.00110. The van der Waals surface area contributed by atoms with Crippen LogP contribution in [0.2, 0.25) is 0 Å². The summed E-state index contributed by atoms with van der Waals surface area (Å²) in [7, 11) is 4.10. The molecule has 1 unspecified atom stereocenters. The molecular formula is C10H19N5. The molecule has 1 saturated heterocycles. The summed E-state index contributed by atoms with van der Waals surface area (Å²) in [5.41, 5.74) is 0. The summed E-state index contributed by atoms with van der Waals surface area (Å²) in [4.78, 5) is 6.60. The van der Waals surface area contributed by atoms with Gasteiger partial charge in [0.25, 0.3) is 0 Å². The fourth-order valence-corrected chi connectivity index (χ4v) is 2.03. The highest BCUT2D eigenvalue weighted by atomic mass is 15.3. The molecule has 1 aromatic rings. The summed E-state index contributed by atoms with van der Waals surface area (Å²) in [6.45, 7) is 3.13. The Morgan fingerprint density at radius 3 is 3.13 bits per heavy atom. The fraction of sp³-hybridized carbons (Fsp3) is 0.800. The first-order valence-corrected chi connectivity index (χ1v) is 5.51. The van der Waals surface area contributed by atoms with E-state index in [0.29, 0.717) is 6.04 Å². The van der Waals surface area contributed by atoms with E-state index < -0.39 is 0 Å². The Hall–Kier alpha value is -0.940. The van der Waals surface area contributed by atoms with Crippen LogP contribution in [0.25, 0.3) is 0 Å². The van der Waals surface area contributed by atoms with Crippen LogP contribution in [0, 0.1) is 0 Å². The minimum Gasteiger partial charge on any atom is -0.315 e. The van der Waals surface area contributed by atoms with E-state index in [4.69, 9.17) is 0 Å². The van der Waals surface area contributed by atoms with Gasteiger partial charge in [-0.25, -0.2) is 4.98 Å². The van der Waals surface area contributed by atoms with Crippen molar-refractivity contribution in [1.29, 1.82) is 0 Å². The molecule has 1 fully saturated rings. The molecule has 1 atom stereocenters. The zero-order chi connectivity index (χ0) is 10.7. The van der Waals surface area contributed by atoms with Gasteiger partial charge in [0, 0.05) is 19.6 Å². The maximum Gasteiger partial charge on any atom is 0.140 e. The van der Waals surface area contributed by atoms with Crippen molar-refractivity contribution in [2.24, 2.45) is 7.05 Å². The monoisotopic (exact) mass is 209 g/mol. The van der Waals surface area contributed by atoms with Crippen LogP contribution in [0.15, 0.2) is 6.33 Å². The maximum absolute atomic E-state index is 4.24. The topological polar surface area (TPSA) is 46.0 Å². The van der Waals surface area contributed by atoms with Gasteiger partial charge < -0.3 is 5.32 Å². The van der Waals surface area contributed by atoms with E-state index >= 15 is 0 Å². The molecule has 15 heavy (non-hydrogen) atoms. The number of nitrogens with one attached hydrogen (secondary N) is 1. The Labute approximate surface area is 90.5 Å². The minimum absolute atomic E-state index is 0.635. The zero-order valence-electron chi connectivity index (χ0n) is 9.48. The molecule has 0 amide bonds. The largest absolute Gasteiger partial charge is 0.315 e. The van der Waals surface area contributed by atoms with E-state index in [1.165, 1.54) is 12.8 Å². The third-order valence-corrected chi connectivity index (χ3v) is 3.09. The smallest absolute Gasteiger partial charge is 0.140 e. The van der Waals surface area contributed by atoms with E-state index in [-0.39, 0.29) is 0 Å². The summed E-state index contributed by atoms with van der Waals surface area (Å²) in [5.74, 6) is 1.03. The van der Waals surface area contributed by atoms with Crippen molar-refractivity contribution in [1.82, 2.24) is 25.0 Å². The minimum atomic E-state index is 0.635. The van der Waals surface area contributed by atoms with Gasteiger partial charge in [-0.05, 0) is 26.4 Å². The standard InChI is InChI=1S/C10H19N5/c1-14(9-4-3-5-11-6-9)7-10-12-8-13-15(10)2/h8-9,11H,3-7H2,1-2H3. The maximum atomic E-state index is 4.24. The van der Waals surface area contributed by atoms with Gasteiger partial charge in [-0.1, -0.05) is 0 Å². The number of hydrogen-bond donors (Lipinski definition) is 1. The quantitative estimate of drug-likeness (QED) is 0.761. The van der Waals surface area contributed by atoms with Crippen molar-refractivity contribution in [3.8, 4) is 0 Å². The summed E-state index contributed by atoms with van der Waals surface area (Å²) >= 11 is 0. The third kappa shape index (κ3) is 2.54. The Bertz CT molecular complexity index is 303. The number of piperidine rings is 1. The van der Waals surface area contributed by atoms with E-state index in [9.17, 15) is 0 Å². The highest BCUT2D eigenvalue weighted by Crippen LogP contribution is 2.10. The number of aryl methyl sites for hydroxylation is 1. The van der Waals surface area contributed by atoms with E-state index in [0.717, 1.165) is 25.5 Å². The molecule has 1 aliphatic rings. The van der Waals surface area contributed by atoms with Crippen LogP contribution in [-0.2, 0) is 13.6 Å². The van der Waals surface area contributed by atoms with Crippen LogP contribution >= 0.6 is 0 Å². The summed E-state index contributed by atoms with van der Waals surface area (Å²) in [5, 5.41) is 7.50. The first-order chi connectivity index (χ1) is 7.27. The van der Waals surface area contributed by atoms with Gasteiger partial charge in [-0.15, -0.1) is 0 Å². The molecule has 5 heteroatoms. The molecule has 0 aliphatic carbocycles. The zero-order valence-corrected chi connectivity index (χ0v) is 9.48. The van der Waals surface area contributed by atoms with Crippen molar-refractivity contribution in [2.45, 2.75) is 25.4 Å². The van der Waals surface area contributed by atoms with Gasteiger partial charge in [0.1, 0.15) is 12.2 Å². The molecule has 5 nitrogen and oxygen atoms in total. The highest BCUT2D eigenvalue weighted by Gasteiger charge is 2.18. The molecular weight excluding hydrogens is 190 g/mol. The fourth-order valence-electron chi connectivity index (χ4n) is 2.03.